The summed E-state index contributed by atoms with van der Waals surface area (Å²) in [7, 11) is 0. The zero-order valence-corrected chi connectivity index (χ0v) is 13.2. The van der Waals surface area contributed by atoms with E-state index in [4.69, 9.17) is 0 Å². The Kier molecular flexibility index (Phi) is 4.91. The normalized spacial score (nSPS) is 24.6. The molecule has 0 amide bonds. The van der Waals surface area contributed by atoms with Crippen molar-refractivity contribution in [1.82, 2.24) is 9.80 Å². The summed E-state index contributed by atoms with van der Waals surface area (Å²) in [6.45, 7) is 8.14. The number of fused-ring (bicyclic) bond motifs is 1. The van der Waals surface area contributed by atoms with Crippen LogP contribution in [0, 0.1) is 12.7 Å². The summed E-state index contributed by atoms with van der Waals surface area (Å²) in [4.78, 5) is 5.32. The Hall–Kier alpha value is -0.930. The Balaban J connectivity index is 1.57. The zero-order valence-electron chi connectivity index (χ0n) is 13.2. The monoisotopic (exact) mass is 290 g/mol. The highest BCUT2D eigenvalue weighted by molar-refractivity contribution is 5.26. The second-order valence-corrected chi connectivity index (χ2v) is 6.66. The predicted molar refractivity (Wildman–Crippen MR) is 85.1 cm³/mol. The van der Waals surface area contributed by atoms with Gasteiger partial charge in [-0.15, -0.1) is 0 Å². The molecule has 2 saturated heterocycles. The SMILES string of the molecule is Cc1cc(F)ccc1CCN1CCCN2CCCCC2C1. The van der Waals surface area contributed by atoms with E-state index >= 15 is 0 Å². The molecule has 2 nitrogen and oxygen atoms in total. The molecule has 1 unspecified atom stereocenters. The van der Waals surface area contributed by atoms with Gasteiger partial charge in [-0.2, -0.15) is 0 Å². The minimum absolute atomic E-state index is 0.121. The molecule has 2 aliphatic heterocycles. The number of nitrogens with zero attached hydrogens (tertiary/aromatic N) is 2. The molecule has 2 aliphatic rings. The van der Waals surface area contributed by atoms with E-state index in [1.807, 2.05) is 13.0 Å². The minimum atomic E-state index is -0.121. The van der Waals surface area contributed by atoms with Crippen LogP contribution in [0.2, 0.25) is 0 Å². The number of rotatable bonds is 3. The maximum Gasteiger partial charge on any atom is 0.123 e. The standard InChI is InChI=1S/C18H27FN2/c1-15-13-17(19)7-6-16(15)8-12-20-9-4-11-21-10-3-2-5-18(21)14-20/h6-7,13,18H,2-5,8-12,14H2,1H3. The molecule has 116 valence electrons. The lowest BCUT2D eigenvalue weighted by Gasteiger charge is -2.35. The van der Waals surface area contributed by atoms with E-state index in [2.05, 4.69) is 9.80 Å². The number of halogens is 1. The van der Waals surface area contributed by atoms with Crippen LogP contribution in [-0.2, 0) is 6.42 Å². The molecule has 0 bridgehead atoms. The van der Waals surface area contributed by atoms with Gasteiger partial charge in [-0.1, -0.05) is 12.5 Å². The third-order valence-corrected chi connectivity index (χ3v) is 5.14. The molecule has 2 heterocycles. The number of hydrogen-bond donors (Lipinski definition) is 0. The van der Waals surface area contributed by atoms with E-state index in [-0.39, 0.29) is 5.82 Å². The first-order valence-corrected chi connectivity index (χ1v) is 8.44. The van der Waals surface area contributed by atoms with Crippen LogP contribution in [-0.4, -0.2) is 48.6 Å². The van der Waals surface area contributed by atoms with Gasteiger partial charge in [0, 0.05) is 19.1 Å². The van der Waals surface area contributed by atoms with Gasteiger partial charge >= 0.3 is 0 Å². The van der Waals surface area contributed by atoms with Crippen molar-refractivity contribution in [2.75, 3.05) is 32.7 Å². The van der Waals surface area contributed by atoms with Gasteiger partial charge in [0.05, 0.1) is 0 Å². The summed E-state index contributed by atoms with van der Waals surface area (Å²) in [5.74, 6) is -0.121. The molecule has 0 spiro atoms. The van der Waals surface area contributed by atoms with Crippen molar-refractivity contribution < 1.29 is 4.39 Å². The largest absolute Gasteiger partial charge is 0.301 e. The Morgan fingerprint density at radius 2 is 2.00 bits per heavy atom. The second-order valence-electron chi connectivity index (χ2n) is 6.66. The molecule has 0 saturated carbocycles. The Bertz CT molecular complexity index is 474. The van der Waals surface area contributed by atoms with Crippen LogP contribution in [0.15, 0.2) is 18.2 Å². The summed E-state index contributed by atoms with van der Waals surface area (Å²) in [5, 5.41) is 0. The Labute approximate surface area is 127 Å². The lowest BCUT2D eigenvalue weighted by Crippen LogP contribution is -2.44. The van der Waals surface area contributed by atoms with Crippen molar-refractivity contribution in [2.24, 2.45) is 0 Å². The van der Waals surface area contributed by atoms with Crippen LogP contribution in [0.4, 0.5) is 4.39 Å². The maximum atomic E-state index is 13.2. The van der Waals surface area contributed by atoms with Crippen LogP contribution >= 0.6 is 0 Å². The van der Waals surface area contributed by atoms with Gasteiger partial charge in [0.2, 0.25) is 0 Å². The van der Waals surface area contributed by atoms with Crippen molar-refractivity contribution in [2.45, 2.75) is 45.1 Å². The molecule has 0 radical (unpaired) electrons. The third kappa shape index (κ3) is 3.83. The van der Waals surface area contributed by atoms with Crippen LogP contribution in [0.5, 0.6) is 0 Å². The summed E-state index contributed by atoms with van der Waals surface area (Å²) >= 11 is 0. The molecular weight excluding hydrogens is 263 g/mol. The summed E-state index contributed by atoms with van der Waals surface area (Å²) < 4.78 is 13.2. The van der Waals surface area contributed by atoms with E-state index in [1.165, 1.54) is 57.4 Å². The molecule has 3 heteroatoms. The Morgan fingerprint density at radius 3 is 2.86 bits per heavy atom. The van der Waals surface area contributed by atoms with Crippen LogP contribution in [0.1, 0.15) is 36.8 Å². The summed E-state index contributed by atoms with van der Waals surface area (Å²) in [6.07, 6.45) is 6.47. The van der Waals surface area contributed by atoms with Crippen molar-refractivity contribution >= 4 is 0 Å². The molecular formula is C18H27FN2. The number of hydrogen-bond acceptors (Lipinski definition) is 2. The van der Waals surface area contributed by atoms with Crippen LogP contribution in [0.3, 0.4) is 0 Å². The minimum Gasteiger partial charge on any atom is -0.301 e. The number of benzene rings is 1. The second kappa shape index (κ2) is 6.89. The van der Waals surface area contributed by atoms with Crippen molar-refractivity contribution in [3.05, 3.63) is 35.1 Å². The smallest absolute Gasteiger partial charge is 0.123 e. The van der Waals surface area contributed by atoms with Crippen LogP contribution in [0.25, 0.3) is 0 Å². The molecule has 0 N–H and O–H groups in total. The fraction of sp³-hybridized carbons (Fsp3) is 0.667. The van der Waals surface area contributed by atoms with E-state index in [1.54, 1.807) is 12.1 Å². The lowest BCUT2D eigenvalue weighted by atomic mass is 10.0. The van der Waals surface area contributed by atoms with E-state index in [9.17, 15) is 4.39 Å². The fourth-order valence-electron chi connectivity index (χ4n) is 3.87. The first-order valence-electron chi connectivity index (χ1n) is 8.44. The van der Waals surface area contributed by atoms with Gasteiger partial charge in [-0.3, -0.25) is 4.90 Å². The lowest BCUT2D eigenvalue weighted by molar-refractivity contribution is 0.137. The summed E-state index contributed by atoms with van der Waals surface area (Å²) in [5.41, 5.74) is 2.38. The molecule has 1 aromatic rings. The summed E-state index contributed by atoms with van der Waals surface area (Å²) in [6, 6.07) is 5.97. The quantitative estimate of drug-likeness (QED) is 0.843. The highest BCUT2D eigenvalue weighted by atomic mass is 19.1. The predicted octanol–water partition coefficient (Wildman–Crippen LogP) is 3.24. The maximum absolute atomic E-state index is 13.2. The molecule has 0 aromatic heterocycles. The Morgan fingerprint density at radius 1 is 1.14 bits per heavy atom. The van der Waals surface area contributed by atoms with Gasteiger partial charge in [0.15, 0.2) is 0 Å². The van der Waals surface area contributed by atoms with Gasteiger partial charge in [-0.05, 0) is 75.5 Å². The molecule has 1 atom stereocenters. The molecule has 21 heavy (non-hydrogen) atoms. The molecule has 3 rings (SSSR count). The first-order chi connectivity index (χ1) is 10.2. The van der Waals surface area contributed by atoms with Crippen molar-refractivity contribution in [1.29, 1.82) is 0 Å². The number of piperidine rings is 1. The van der Waals surface area contributed by atoms with E-state index in [0.717, 1.165) is 24.6 Å². The topological polar surface area (TPSA) is 6.48 Å². The fourth-order valence-corrected chi connectivity index (χ4v) is 3.87. The van der Waals surface area contributed by atoms with Gasteiger partial charge in [-0.25, -0.2) is 4.39 Å². The first kappa shape index (κ1) is 15.0. The zero-order chi connectivity index (χ0) is 14.7. The molecule has 0 aliphatic carbocycles. The van der Waals surface area contributed by atoms with E-state index in [0.29, 0.717) is 0 Å². The highest BCUT2D eigenvalue weighted by Crippen LogP contribution is 2.21. The third-order valence-electron chi connectivity index (χ3n) is 5.14. The average Bonchev–Trinajstić information content (AvgIpc) is 2.68. The van der Waals surface area contributed by atoms with Crippen LogP contribution < -0.4 is 0 Å². The highest BCUT2D eigenvalue weighted by Gasteiger charge is 2.26. The average molecular weight is 290 g/mol. The molecule has 2 fully saturated rings. The van der Waals surface area contributed by atoms with Gasteiger partial charge in [0.1, 0.15) is 5.82 Å². The molecule has 1 aromatic carbocycles. The van der Waals surface area contributed by atoms with Crippen molar-refractivity contribution in [3.63, 3.8) is 0 Å². The van der Waals surface area contributed by atoms with Gasteiger partial charge < -0.3 is 4.90 Å². The van der Waals surface area contributed by atoms with Crippen molar-refractivity contribution in [3.8, 4) is 0 Å². The van der Waals surface area contributed by atoms with E-state index < -0.39 is 0 Å². The van der Waals surface area contributed by atoms with Gasteiger partial charge in [0.25, 0.3) is 0 Å². The number of aryl methyl sites for hydroxylation is 1.